The summed E-state index contributed by atoms with van der Waals surface area (Å²) in [6, 6.07) is 17.5. The van der Waals surface area contributed by atoms with Crippen molar-refractivity contribution >= 4 is 29.0 Å². The topological polar surface area (TPSA) is 62.7 Å². The van der Waals surface area contributed by atoms with Gasteiger partial charge < -0.3 is 9.64 Å². The van der Waals surface area contributed by atoms with Gasteiger partial charge in [0, 0.05) is 23.0 Å². The molecule has 33 heavy (non-hydrogen) atoms. The molecule has 0 saturated carbocycles. The Morgan fingerprint density at radius 3 is 2.76 bits per heavy atom. The number of rotatable bonds is 6. The quantitative estimate of drug-likeness (QED) is 0.519. The van der Waals surface area contributed by atoms with Gasteiger partial charge in [-0.25, -0.2) is 9.69 Å². The van der Waals surface area contributed by atoms with Gasteiger partial charge in [-0.2, -0.15) is 0 Å². The third kappa shape index (κ3) is 4.13. The summed E-state index contributed by atoms with van der Waals surface area (Å²) in [5.74, 6) is -0.202. The maximum atomic E-state index is 13.6. The molecule has 7 heteroatoms. The molecule has 0 aliphatic carbocycles. The number of ether oxygens (including phenoxy) is 1. The molecule has 6 nitrogen and oxygen atoms in total. The van der Waals surface area contributed by atoms with E-state index in [2.05, 4.69) is 35.9 Å². The molecule has 0 spiro atoms. The fourth-order valence-electron chi connectivity index (χ4n) is 4.93. The average Bonchev–Trinajstić information content (AvgIpc) is 3.52. The summed E-state index contributed by atoms with van der Waals surface area (Å²) in [6.45, 7) is 5.35. The largest absolute Gasteiger partial charge is 0.447 e. The zero-order valence-corrected chi connectivity index (χ0v) is 19.6. The van der Waals surface area contributed by atoms with Gasteiger partial charge in [0.2, 0.25) is 5.91 Å². The number of thiophene rings is 1. The van der Waals surface area contributed by atoms with E-state index in [-0.39, 0.29) is 36.4 Å². The fourth-order valence-corrected chi connectivity index (χ4v) is 5.76. The first-order valence-corrected chi connectivity index (χ1v) is 12.1. The molecule has 1 unspecified atom stereocenters. The molecule has 1 saturated heterocycles. The van der Waals surface area contributed by atoms with Crippen LogP contribution >= 0.6 is 11.3 Å². The molecule has 2 amide bonds. The molecule has 4 heterocycles. The second-order valence-corrected chi connectivity index (χ2v) is 10.3. The van der Waals surface area contributed by atoms with Crippen LogP contribution in [0, 0.1) is 0 Å². The summed E-state index contributed by atoms with van der Waals surface area (Å²) < 4.78 is 5.30. The van der Waals surface area contributed by atoms with E-state index in [0.29, 0.717) is 6.42 Å². The van der Waals surface area contributed by atoms with Crippen LogP contribution in [-0.2, 0) is 21.4 Å². The average molecular weight is 462 g/mol. The molecular weight excluding hydrogens is 434 g/mol. The Labute approximate surface area is 197 Å². The van der Waals surface area contributed by atoms with Crippen LogP contribution in [0.2, 0.25) is 0 Å². The Bertz CT molecular complexity index is 1150. The lowest BCUT2D eigenvalue weighted by Crippen LogP contribution is -2.42. The van der Waals surface area contributed by atoms with Gasteiger partial charge in [-0.15, -0.1) is 11.3 Å². The molecule has 1 fully saturated rings. The minimum Gasteiger partial charge on any atom is -0.447 e. The summed E-state index contributed by atoms with van der Waals surface area (Å²) in [4.78, 5) is 35.5. The number of nitrogens with zero attached hydrogens (tertiary/aromatic N) is 3. The van der Waals surface area contributed by atoms with Crippen LogP contribution in [-0.4, -0.2) is 41.1 Å². The lowest BCUT2D eigenvalue weighted by Gasteiger charge is -2.32. The summed E-state index contributed by atoms with van der Waals surface area (Å²) in [6.07, 6.45) is 2.07. The monoisotopic (exact) mass is 461 g/mol. The number of aromatic nitrogens is 1. The zero-order valence-electron chi connectivity index (χ0n) is 18.8. The van der Waals surface area contributed by atoms with Crippen LogP contribution in [0.1, 0.15) is 42.4 Å². The van der Waals surface area contributed by atoms with E-state index in [1.165, 1.54) is 4.90 Å². The Hall–Kier alpha value is -3.19. The van der Waals surface area contributed by atoms with E-state index in [4.69, 9.17) is 4.74 Å². The third-order valence-electron chi connectivity index (χ3n) is 6.46. The molecule has 170 valence electrons. The van der Waals surface area contributed by atoms with Crippen molar-refractivity contribution in [2.24, 2.45) is 0 Å². The van der Waals surface area contributed by atoms with Crippen LogP contribution in [0.25, 0.3) is 0 Å². The smallest absolute Gasteiger partial charge is 0.416 e. The van der Waals surface area contributed by atoms with Crippen molar-refractivity contribution in [1.82, 2.24) is 9.88 Å². The van der Waals surface area contributed by atoms with Gasteiger partial charge in [0.05, 0.1) is 29.9 Å². The first-order valence-electron chi connectivity index (χ1n) is 11.2. The number of carbonyl (C=O) groups excluding carboxylic acids is 2. The van der Waals surface area contributed by atoms with E-state index in [1.807, 2.05) is 54.0 Å². The van der Waals surface area contributed by atoms with Crippen molar-refractivity contribution in [2.45, 2.75) is 44.2 Å². The molecule has 2 atom stereocenters. The fraction of sp³-hybridized carbons (Fsp3) is 0.346. The standard InChI is InChI=1S/C26H27N3O3S/c1-26(2)17-28(20-10-6-12-27-24(20)26)21(22-11-7-13-33-22)15-23(30)29-19(16-32-25(29)31)14-18-8-4-3-5-9-18/h3-13,19,21H,14-17H2,1-2H3/t19-,21?/m0/s1. The van der Waals surface area contributed by atoms with Crippen molar-refractivity contribution in [3.63, 3.8) is 0 Å². The highest BCUT2D eigenvalue weighted by Gasteiger charge is 2.43. The summed E-state index contributed by atoms with van der Waals surface area (Å²) in [7, 11) is 0. The zero-order chi connectivity index (χ0) is 23.0. The number of carbonyl (C=O) groups is 2. The molecular formula is C26H27N3O3S. The van der Waals surface area contributed by atoms with Gasteiger partial charge >= 0.3 is 6.09 Å². The lowest BCUT2D eigenvalue weighted by molar-refractivity contribution is -0.129. The molecule has 2 aliphatic rings. The van der Waals surface area contributed by atoms with Crippen LogP contribution in [0.15, 0.2) is 66.2 Å². The minimum absolute atomic E-state index is 0.127. The van der Waals surface area contributed by atoms with Crippen LogP contribution in [0.4, 0.5) is 10.5 Å². The highest BCUT2D eigenvalue weighted by atomic mass is 32.1. The van der Waals surface area contributed by atoms with Crippen molar-refractivity contribution in [3.8, 4) is 0 Å². The predicted molar refractivity (Wildman–Crippen MR) is 128 cm³/mol. The molecule has 5 rings (SSSR count). The maximum Gasteiger partial charge on any atom is 0.416 e. The third-order valence-corrected chi connectivity index (χ3v) is 7.44. The van der Waals surface area contributed by atoms with Crippen molar-refractivity contribution in [2.75, 3.05) is 18.1 Å². The number of hydrogen-bond donors (Lipinski definition) is 0. The highest BCUT2D eigenvalue weighted by molar-refractivity contribution is 7.10. The van der Waals surface area contributed by atoms with Gasteiger partial charge in [0.1, 0.15) is 6.61 Å². The second kappa shape index (κ2) is 8.63. The van der Waals surface area contributed by atoms with Crippen molar-refractivity contribution in [1.29, 1.82) is 0 Å². The van der Waals surface area contributed by atoms with Crippen LogP contribution in [0.3, 0.4) is 0 Å². The number of anilines is 1. The molecule has 0 N–H and O–H groups in total. The number of fused-ring (bicyclic) bond motifs is 1. The molecule has 3 aromatic rings. The molecule has 2 aliphatic heterocycles. The van der Waals surface area contributed by atoms with Gasteiger partial charge in [-0.1, -0.05) is 50.2 Å². The Morgan fingerprint density at radius 1 is 1.18 bits per heavy atom. The lowest BCUT2D eigenvalue weighted by atomic mass is 9.91. The molecule has 0 radical (unpaired) electrons. The van der Waals surface area contributed by atoms with E-state index >= 15 is 0 Å². The van der Waals surface area contributed by atoms with E-state index < -0.39 is 6.09 Å². The number of amides is 2. The van der Waals surface area contributed by atoms with Crippen molar-refractivity contribution < 1.29 is 14.3 Å². The molecule has 1 aromatic carbocycles. The van der Waals surface area contributed by atoms with E-state index in [0.717, 1.165) is 28.4 Å². The van der Waals surface area contributed by atoms with Gasteiger partial charge in [-0.05, 0) is 35.6 Å². The Morgan fingerprint density at radius 2 is 2.00 bits per heavy atom. The Balaban J connectivity index is 1.42. The van der Waals surface area contributed by atoms with E-state index in [1.54, 1.807) is 11.3 Å². The number of pyridine rings is 1. The molecule has 0 bridgehead atoms. The number of imide groups is 1. The summed E-state index contributed by atoms with van der Waals surface area (Å²) in [5, 5.41) is 2.03. The van der Waals surface area contributed by atoms with Gasteiger partial charge in [-0.3, -0.25) is 9.78 Å². The number of cyclic esters (lactones) is 1. The summed E-state index contributed by atoms with van der Waals surface area (Å²) in [5.41, 5.74) is 3.05. The molecule has 2 aromatic heterocycles. The van der Waals surface area contributed by atoms with E-state index in [9.17, 15) is 9.59 Å². The van der Waals surface area contributed by atoms with Crippen LogP contribution in [0.5, 0.6) is 0 Å². The maximum absolute atomic E-state index is 13.6. The highest BCUT2D eigenvalue weighted by Crippen LogP contribution is 2.45. The first kappa shape index (κ1) is 21.6. The predicted octanol–water partition coefficient (Wildman–Crippen LogP) is 4.96. The SMILES string of the molecule is CC1(C)CN(C(CC(=O)N2C(=O)OC[C@@H]2Cc2ccccc2)c2cccs2)c2cccnc21. The summed E-state index contributed by atoms with van der Waals surface area (Å²) >= 11 is 1.63. The minimum atomic E-state index is -0.547. The second-order valence-electron chi connectivity index (χ2n) is 9.30. The van der Waals surface area contributed by atoms with Gasteiger partial charge in [0.15, 0.2) is 0 Å². The number of benzene rings is 1. The Kier molecular flexibility index (Phi) is 5.66. The normalized spacial score (nSPS) is 19.9. The van der Waals surface area contributed by atoms with Gasteiger partial charge in [0.25, 0.3) is 0 Å². The number of hydrogen-bond acceptors (Lipinski definition) is 6. The first-order chi connectivity index (χ1) is 15.9. The van der Waals surface area contributed by atoms with Crippen molar-refractivity contribution in [3.05, 3.63) is 82.3 Å². The van der Waals surface area contributed by atoms with Crippen LogP contribution < -0.4 is 4.90 Å².